The van der Waals surface area contributed by atoms with E-state index >= 15 is 0 Å². The fourth-order valence-electron chi connectivity index (χ4n) is 7.93. The zero-order chi connectivity index (χ0) is 48.2. The van der Waals surface area contributed by atoms with Crippen LogP contribution >= 0.6 is 23.4 Å². The minimum absolute atomic E-state index is 0.123. The summed E-state index contributed by atoms with van der Waals surface area (Å²) in [5.74, 6) is 6.91. The number of anilines is 2. The molecule has 1 atom stereocenters. The Balaban J connectivity index is 1.05. The van der Waals surface area contributed by atoms with Crippen LogP contribution in [0.2, 0.25) is 5.02 Å². The molecule has 0 saturated carbocycles. The van der Waals surface area contributed by atoms with Crippen molar-refractivity contribution in [2.75, 3.05) is 82.7 Å². The molecule has 1 aliphatic heterocycles. The maximum Gasteiger partial charge on any atom is 0.293 e. The van der Waals surface area contributed by atoms with Crippen LogP contribution in [-0.4, -0.2) is 117 Å². The first-order valence-corrected chi connectivity index (χ1v) is 25.3. The Morgan fingerprint density at radius 3 is 2.29 bits per heavy atom. The highest BCUT2D eigenvalue weighted by Crippen LogP contribution is 2.38. The summed E-state index contributed by atoms with van der Waals surface area (Å²) in [6.07, 6.45) is 3.54. The lowest BCUT2D eigenvalue weighted by Gasteiger charge is -2.32. The van der Waals surface area contributed by atoms with Crippen LogP contribution in [0.15, 0.2) is 137 Å². The number of nitrogens with zero attached hydrogens (tertiary/aromatic N) is 5. The van der Waals surface area contributed by atoms with E-state index in [9.17, 15) is 23.3 Å². The summed E-state index contributed by atoms with van der Waals surface area (Å²) in [4.78, 5) is 33.4. The molecule has 13 nitrogen and oxygen atoms in total. The van der Waals surface area contributed by atoms with E-state index in [0.717, 1.165) is 90.9 Å². The Labute approximate surface area is 409 Å². The van der Waals surface area contributed by atoms with Gasteiger partial charge in [0.15, 0.2) is 0 Å². The Bertz CT molecular complexity index is 2860. The number of rotatable bonds is 19. The molecule has 0 radical (unpaired) electrons. The standard InChI is InChI=1S/C52H57ClN8O5S2/c1-57(2)29-26-44(37-67-45-12-6-5-7-13-45)55-48-25-24-46(35-49(48)61(63)64)68(65,66)56-43-22-16-38(17-23-43)14-15-39-10-8-11-41(34-39)50-47(40-18-20-42(53)21-19-40)36-59(4)51(50)52(62)54-27-9-28-60-32-30-58(3)31-33-60/h5-8,10-13,16-25,34-36,44,55-56H,9,26-33,37H2,1-4H3,(H,54,62)/t44-/m1/s1. The molecule has 0 aliphatic carbocycles. The average molecular weight is 974 g/mol. The molecule has 1 amide bonds. The molecule has 0 spiro atoms. The molecule has 5 aromatic carbocycles. The number of nitro groups is 1. The number of carbonyl (C=O) groups is 1. The number of likely N-dealkylation sites (N-methyl/N-ethyl adjacent to an activating group) is 1. The third-order valence-corrected chi connectivity index (χ3v) is 14.5. The second-order valence-corrected chi connectivity index (χ2v) is 20.4. The van der Waals surface area contributed by atoms with Gasteiger partial charge in [-0.15, -0.1) is 11.8 Å². The Morgan fingerprint density at radius 2 is 1.59 bits per heavy atom. The van der Waals surface area contributed by atoms with Crippen LogP contribution in [0.5, 0.6) is 0 Å². The van der Waals surface area contributed by atoms with E-state index in [4.69, 9.17) is 11.6 Å². The van der Waals surface area contributed by atoms with Crippen LogP contribution in [0.1, 0.15) is 34.5 Å². The summed E-state index contributed by atoms with van der Waals surface area (Å²) in [6.45, 7) is 6.40. The van der Waals surface area contributed by atoms with Crippen molar-refractivity contribution < 1.29 is 18.1 Å². The van der Waals surface area contributed by atoms with Crippen molar-refractivity contribution in [3.8, 4) is 34.1 Å². The van der Waals surface area contributed by atoms with Crippen molar-refractivity contribution in [1.29, 1.82) is 0 Å². The fourth-order valence-corrected chi connectivity index (χ4v) is 10.1. The summed E-state index contributed by atoms with van der Waals surface area (Å²) in [7, 11) is 3.77. The number of aromatic nitrogens is 1. The summed E-state index contributed by atoms with van der Waals surface area (Å²) >= 11 is 7.92. The molecule has 16 heteroatoms. The van der Waals surface area contributed by atoms with Gasteiger partial charge in [0.2, 0.25) is 0 Å². The minimum atomic E-state index is -4.20. The molecular formula is C52H57ClN8O5S2. The number of halogens is 1. The van der Waals surface area contributed by atoms with Crippen molar-refractivity contribution >= 4 is 56.4 Å². The van der Waals surface area contributed by atoms with Crippen molar-refractivity contribution in [2.45, 2.75) is 28.7 Å². The largest absolute Gasteiger partial charge is 0.376 e. The maximum absolute atomic E-state index is 14.0. The molecule has 6 aromatic rings. The van der Waals surface area contributed by atoms with Crippen molar-refractivity contribution in [3.05, 3.63) is 159 Å². The number of hydrogen-bond donors (Lipinski definition) is 3. The van der Waals surface area contributed by atoms with Crippen LogP contribution in [-0.2, 0) is 17.1 Å². The molecule has 1 fully saturated rings. The number of thioether (sulfide) groups is 1. The van der Waals surface area contributed by atoms with E-state index in [2.05, 4.69) is 48.9 Å². The van der Waals surface area contributed by atoms with E-state index in [1.54, 1.807) is 36.0 Å². The number of nitrogens with one attached hydrogen (secondary N) is 3. The fraction of sp³-hybridized carbons (Fsp3) is 0.288. The molecule has 2 heterocycles. The van der Waals surface area contributed by atoms with E-state index in [0.29, 0.717) is 28.6 Å². The highest BCUT2D eigenvalue weighted by atomic mass is 35.5. The van der Waals surface area contributed by atoms with Crippen molar-refractivity contribution in [3.63, 3.8) is 0 Å². The summed E-state index contributed by atoms with van der Waals surface area (Å²) in [5, 5.41) is 19.4. The number of aryl methyl sites for hydroxylation is 1. The lowest BCUT2D eigenvalue weighted by atomic mass is 9.95. The molecule has 1 saturated heterocycles. The van der Waals surface area contributed by atoms with Gasteiger partial charge in [-0.2, -0.15) is 0 Å². The first-order valence-electron chi connectivity index (χ1n) is 22.5. The zero-order valence-electron chi connectivity index (χ0n) is 38.7. The third kappa shape index (κ3) is 13.5. The average Bonchev–Trinajstić information content (AvgIpc) is 3.68. The second kappa shape index (κ2) is 23.3. The molecule has 3 N–H and O–H groups in total. The zero-order valence-corrected chi connectivity index (χ0v) is 41.1. The highest BCUT2D eigenvalue weighted by Gasteiger charge is 2.25. The molecule has 354 valence electrons. The SMILES string of the molecule is CN(C)CC[C@H](CSc1ccccc1)Nc1ccc(S(=O)(=O)Nc2ccc(C#Cc3cccc(-c4c(-c5ccc(Cl)cc5)cn(C)c4C(=O)NCCCN4CCN(C)CC4)c3)cc2)cc1[N+](=O)[O-]. The van der Waals surface area contributed by atoms with Crippen LogP contribution in [0.3, 0.4) is 0 Å². The van der Waals surface area contributed by atoms with E-state index < -0.39 is 14.9 Å². The van der Waals surface area contributed by atoms with Crippen molar-refractivity contribution in [1.82, 2.24) is 24.6 Å². The quantitative estimate of drug-likeness (QED) is 0.0237. The van der Waals surface area contributed by atoms with Gasteiger partial charge in [0, 0.05) is 102 Å². The summed E-state index contributed by atoms with van der Waals surface area (Å²) in [5.41, 5.74) is 5.49. The lowest BCUT2D eigenvalue weighted by Crippen LogP contribution is -2.45. The van der Waals surface area contributed by atoms with Gasteiger partial charge in [0.05, 0.1) is 9.82 Å². The van der Waals surface area contributed by atoms with Gasteiger partial charge < -0.3 is 29.9 Å². The summed E-state index contributed by atoms with van der Waals surface area (Å²) < 4.78 is 31.6. The second-order valence-electron chi connectivity index (χ2n) is 17.1. The van der Waals surface area contributed by atoms with E-state index in [1.165, 1.54) is 12.1 Å². The monoisotopic (exact) mass is 972 g/mol. The number of nitro benzene ring substituents is 1. The smallest absolute Gasteiger partial charge is 0.293 e. The normalized spacial score (nSPS) is 13.7. The number of amides is 1. The first-order chi connectivity index (χ1) is 32.7. The van der Waals surface area contributed by atoms with Crippen LogP contribution in [0.4, 0.5) is 17.1 Å². The van der Waals surface area contributed by atoms with Gasteiger partial charge in [-0.05, 0) is 131 Å². The van der Waals surface area contributed by atoms with Gasteiger partial charge in [-0.1, -0.05) is 65.9 Å². The lowest BCUT2D eigenvalue weighted by molar-refractivity contribution is -0.384. The minimum Gasteiger partial charge on any atom is -0.376 e. The van der Waals surface area contributed by atoms with Crippen LogP contribution < -0.4 is 15.4 Å². The van der Waals surface area contributed by atoms with Gasteiger partial charge in [0.25, 0.3) is 21.6 Å². The molecule has 68 heavy (non-hydrogen) atoms. The first kappa shape index (κ1) is 49.8. The number of hydrogen-bond acceptors (Lipinski definition) is 10. The van der Waals surface area contributed by atoms with E-state index in [1.807, 2.05) is 111 Å². The number of sulfonamides is 1. The molecule has 0 bridgehead atoms. The predicted molar refractivity (Wildman–Crippen MR) is 276 cm³/mol. The molecular weight excluding hydrogens is 916 g/mol. The Morgan fingerprint density at radius 1 is 0.868 bits per heavy atom. The summed E-state index contributed by atoms with van der Waals surface area (Å²) in [6, 6.07) is 35.6. The van der Waals surface area contributed by atoms with E-state index in [-0.39, 0.29) is 33.9 Å². The van der Waals surface area contributed by atoms with Gasteiger partial charge in [-0.25, -0.2) is 8.42 Å². The Kier molecular flexibility index (Phi) is 17.0. The topological polar surface area (TPSA) is 145 Å². The van der Waals surface area contributed by atoms with Gasteiger partial charge in [-0.3, -0.25) is 19.6 Å². The molecule has 7 rings (SSSR count). The molecule has 0 unspecified atom stereocenters. The van der Waals surface area contributed by atoms with Crippen molar-refractivity contribution in [2.24, 2.45) is 7.05 Å². The maximum atomic E-state index is 14.0. The highest BCUT2D eigenvalue weighted by molar-refractivity contribution is 7.99. The van der Waals surface area contributed by atoms with Crippen LogP contribution in [0.25, 0.3) is 22.3 Å². The number of carbonyl (C=O) groups excluding carboxylic acids is 1. The number of benzene rings is 5. The Hall–Kier alpha value is -6.12. The van der Waals surface area contributed by atoms with Gasteiger partial charge in [0.1, 0.15) is 11.4 Å². The number of piperazine rings is 1. The van der Waals surface area contributed by atoms with Gasteiger partial charge >= 0.3 is 0 Å². The third-order valence-electron chi connectivity index (χ3n) is 11.7. The predicted octanol–water partition coefficient (Wildman–Crippen LogP) is 9.01. The van der Waals surface area contributed by atoms with Crippen LogP contribution in [0, 0.1) is 22.0 Å². The molecule has 1 aromatic heterocycles. The molecule has 1 aliphatic rings.